The van der Waals surface area contributed by atoms with Gasteiger partial charge in [0.1, 0.15) is 23.7 Å². The Labute approximate surface area is 231 Å². The van der Waals surface area contributed by atoms with E-state index in [-0.39, 0.29) is 45.7 Å². The van der Waals surface area contributed by atoms with Gasteiger partial charge >= 0.3 is 6.18 Å². The highest BCUT2D eigenvalue weighted by molar-refractivity contribution is 5.95. The smallest absolute Gasteiger partial charge is 0.414 e. The molecule has 218 valence electrons. The fraction of sp³-hybridized carbons (Fsp3) is 0.357. The van der Waals surface area contributed by atoms with Gasteiger partial charge in [0.15, 0.2) is 22.8 Å². The summed E-state index contributed by atoms with van der Waals surface area (Å²) in [4.78, 5) is 16.7. The zero-order valence-electron chi connectivity index (χ0n) is 21.8. The van der Waals surface area contributed by atoms with Crippen molar-refractivity contribution in [1.29, 1.82) is 0 Å². The van der Waals surface area contributed by atoms with E-state index in [4.69, 9.17) is 25.7 Å². The van der Waals surface area contributed by atoms with Gasteiger partial charge in [0.2, 0.25) is 5.91 Å². The number of aliphatic hydroxyl groups excluding tert-OH is 1. The highest BCUT2D eigenvalue weighted by Crippen LogP contribution is 2.50. The van der Waals surface area contributed by atoms with Gasteiger partial charge in [-0.1, -0.05) is 0 Å². The van der Waals surface area contributed by atoms with Gasteiger partial charge in [-0.25, -0.2) is 9.37 Å². The van der Waals surface area contributed by atoms with Crippen LogP contribution in [-0.4, -0.2) is 53.7 Å². The van der Waals surface area contributed by atoms with Crippen molar-refractivity contribution in [3.8, 4) is 28.5 Å². The monoisotopic (exact) mass is 577 g/mol. The van der Waals surface area contributed by atoms with Crippen LogP contribution in [0.15, 0.2) is 42.5 Å². The summed E-state index contributed by atoms with van der Waals surface area (Å²) in [7, 11) is 1.31. The van der Waals surface area contributed by atoms with Gasteiger partial charge in [0.05, 0.1) is 25.5 Å². The Kier molecular flexibility index (Phi) is 7.08. The number of benzene rings is 2. The minimum Gasteiger partial charge on any atom is -0.493 e. The second-order valence-electron chi connectivity index (χ2n) is 10.2. The van der Waals surface area contributed by atoms with Gasteiger partial charge in [-0.3, -0.25) is 4.79 Å². The first-order valence-corrected chi connectivity index (χ1v) is 12.6. The number of fused-ring (bicyclic) bond motifs is 1. The number of rotatable bonds is 9. The number of methoxy groups -OCH3 is 1. The Hall–Kier alpha value is -3.94. The van der Waals surface area contributed by atoms with Gasteiger partial charge in [0, 0.05) is 28.7 Å². The Balaban J connectivity index is 1.70. The molecule has 1 saturated carbocycles. The predicted molar refractivity (Wildman–Crippen MR) is 137 cm³/mol. The van der Waals surface area contributed by atoms with E-state index in [0.29, 0.717) is 0 Å². The highest BCUT2D eigenvalue weighted by atomic mass is 19.4. The summed E-state index contributed by atoms with van der Waals surface area (Å²) in [6.07, 6.45) is -3.98. The van der Waals surface area contributed by atoms with Gasteiger partial charge in [-0.05, 0) is 55.3 Å². The summed E-state index contributed by atoms with van der Waals surface area (Å²) in [5.41, 5.74) is 5.11. The first-order valence-electron chi connectivity index (χ1n) is 12.6. The SMILES string of the molecule is COc1c(OC2CC2)ccc(C(N)=O)c1C[C@@](O)(CO)c1cc2c(c(-c3ccc(F)cc3)n1)OC[C@@]2(N)C(F)(F)F. The van der Waals surface area contributed by atoms with Crippen molar-refractivity contribution in [2.75, 3.05) is 20.3 Å². The van der Waals surface area contributed by atoms with E-state index >= 15 is 0 Å². The quantitative estimate of drug-likeness (QED) is 0.284. The molecular weight excluding hydrogens is 550 g/mol. The molecule has 1 aliphatic heterocycles. The van der Waals surface area contributed by atoms with E-state index in [1.165, 1.54) is 31.4 Å². The normalized spacial score (nSPS) is 19.7. The number of hydrogen-bond donors (Lipinski definition) is 4. The number of nitrogens with two attached hydrogens (primary N) is 2. The van der Waals surface area contributed by atoms with Gasteiger partial charge < -0.3 is 35.9 Å². The molecule has 2 heterocycles. The highest BCUT2D eigenvalue weighted by Gasteiger charge is 2.59. The van der Waals surface area contributed by atoms with Crippen molar-refractivity contribution >= 4 is 5.91 Å². The Morgan fingerprint density at radius 3 is 2.44 bits per heavy atom. The molecule has 0 radical (unpaired) electrons. The van der Waals surface area contributed by atoms with Crippen LogP contribution in [-0.2, 0) is 17.6 Å². The van der Waals surface area contributed by atoms with Crippen LogP contribution in [0.3, 0.4) is 0 Å². The second-order valence-corrected chi connectivity index (χ2v) is 10.2. The number of amides is 1. The molecule has 0 bridgehead atoms. The zero-order valence-corrected chi connectivity index (χ0v) is 21.8. The molecule has 0 spiro atoms. The predicted octanol–water partition coefficient (Wildman–Crippen LogP) is 3.07. The molecule has 13 heteroatoms. The van der Waals surface area contributed by atoms with Crippen molar-refractivity contribution in [1.82, 2.24) is 4.98 Å². The van der Waals surface area contributed by atoms with Crippen LogP contribution < -0.4 is 25.7 Å². The number of carbonyl (C=O) groups excluding carboxylic acids is 1. The lowest BCUT2D eigenvalue weighted by molar-refractivity contribution is -0.191. The average molecular weight is 578 g/mol. The van der Waals surface area contributed by atoms with Gasteiger partial charge in [-0.15, -0.1) is 0 Å². The Morgan fingerprint density at radius 1 is 1.20 bits per heavy atom. The third-order valence-electron chi connectivity index (χ3n) is 7.24. The molecule has 9 nitrogen and oxygen atoms in total. The number of halogens is 4. The fourth-order valence-corrected chi connectivity index (χ4v) is 4.77. The molecule has 2 aliphatic rings. The zero-order chi connectivity index (χ0) is 29.7. The molecule has 1 amide bonds. The maximum atomic E-state index is 14.2. The summed E-state index contributed by atoms with van der Waals surface area (Å²) < 4.78 is 73.0. The topological polar surface area (TPSA) is 150 Å². The van der Waals surface area contributed by atoms with Gasteiger partial charge in [-0.2, -0.15) is 13.2 Å². The second kappa shape index (κ2) is 10.2. The number of carbonyl (C=O) groups is 1. The first-order chi connectivity index (χ1) is 19.3. The van der Waals surface area contributed by atoms with E-state index in [2.05, 4.69) is 4.98 Å². The molecule has 1 aliphatic carbocycles. The van der Waals surface area contributed by atoms with E-state index in [1.807, 2.05) is 0 Å². The molecule has 5 rings (SSSR count). The Bertz CT molecular complexity index is 1500. The maximum Gasteiger partial charge on any atom is 0.414 e. The number of pyridine rings is 1. The lowest BCUT2D eigenvalue weighted by atomic mass is 9.84. The molecule has 2 aromatic carbocycles. The van der Waals surface area contributed by atoms with E-state index in [0.717, 1.165) is 31.0 Å². The summed E-state index contributed by atoms with van der Waals surface area (Å²) in [6.45, 7) is -2.01. The van der Waals surface area contributed by atoms with Crippen LogP contribution in [0, 0.1) is 5.82 Å². The van der Waals surface area contributed by atoms with Crippen LogP contribution in [0.2, 0.25) is 0 Å². The Morgan fingerprint density at radius 2 is 1.88 bits per heavy atom. The van der Waals surface area contributed by atoms with E-state index < -0.39 is 59.9 Å². The lowest BCUT2D eigenvalue weighted by Gasteiger charge is -2.30. The molecule has 41 heavy (non-hydrogen) atoms. The molecular formula is C28H27F4N3O6. The lowest BCUT2D eigenvalue weighted by Crippen LogP contribution is -2.52. The third kappa shape index (κ3) is 5.04. The first kappa shape index (κ1) is 28.6. The fourth-order valence-electron chi connectivity index (χ4n) is 4.77. The summed E-state index contributed by atoms with van der Waals surface area (Å²) in [6, 6.07) is 8.50. The molecule has 6 N–H and O–H groups in total. The van der Waals surface area contributed by atoms with Crippen molar-refractivity contribution in [3.63, 3.8) is 0 Å². The van der Waals surface area contributed by atoms with E-state index in [9.17, 15) is 32.6 Å². The van der Waals surface area contributed by atoms with Crippen molar-refractivity contribution in [2.24, 2.45) is 11.5 Å². The van der Waals surface area contributed by atoms with Crippen molar-refractivity contribution in [2.45, 2.75) is 42.7 Å². The third-order valence-corrected chi connectivity index (χ3v) is 7.24. The number of aliphatic hydroxyl groups is 2. The molecule has 1 aromatic heterocycles. The van der Waals surface area contributed by atoms with E-state index in [1.54, 1.807) is 0 Å². The van der Waals surface area contributed by atoms with Crippen LogP contribution >= 0.6 is 0 Å². The number of hydrogen-bond acceptors (Lipinski definition) is 8. The summed E-state index contributed by atoms with van der Waals surface area (Å²) in [5, 5.41) is 22.2. The van der Waals surface area contributed by atoms with Crippen molar-refractivity contribution < 1.29 is 46.8 Å². The van der Waals surface area contributed by atoms with Crippen molar-refractivity contribution in [3.05, 3.63) is 70.7 Å². The van der Waals surface area contributed by atoms with Crippen LogP contribution in [0.5, 0.6) is 17.2 Å². The van der Waals surface area contributed by atoms with Gasteiger partial charge in [0.25, 0.3) is 0 Å². The largest absolute Gasteiger partial charge is 0.493 e. The number of nitrogens with zero attached hydrogens (tertiary/aromatic N) is 1. The average Bonchev–Trinajstić information content (AvgIpc) is 3.68. The van der Waals surface area contributed by atoms with Crippen LogP contribution in [0.1, 0.15) is 40.0 Å². The van der Waals surface area contributed by atoms with Crippen LogP contribution in [0.4, 0.5) is 17.6 Å². The molecule has 0 saturated heterocycles. The summed E-state index contributed by atoms with van der Waals surface area (Å²) in [5.74, 6) is -1.45. The minimum absolute atomic E-state index is 0.0476. The number of alkyl halides is 3. The number of primary amides is 1. The van der Waals surface area contributed by atoms with Crippen LogP contribution in [0.25, 0.3) is 11.3 Å². The maximum absolute atomic E-state index is 14.2. The number of aromatic nitrogens is 1. The molecule has 3 aromatic rings. The summed E-state index contributed by atoms with van der Waals surface area (Å²) >= 11 is 0. The molecule has 1 fully saturated rings. The molecule has 2 atom stereocenters. The standard InChI is InChI=1S/C28H27F4N3O6/c1-39-23-18(17(25(33)37)8-9-20(23)41-16-6-7-16)11-26(38,12-36)21-10-19-24(40-13-27(19,34)28(30,31)32)22(35-21)14-2-4-15(29)5-3-14/h2-5,8-10,16,36,38H,6-7,11-13,34H2,1H3,(H2,33,37)/t26-,27+/m1/s1. The minimum atomic E-state index is -4.97. The number of ether oxygens (including phenoxy) is 3. The molecule has 0 unspecified atom stereocenters.